The summed E-state index contributed by atoms with van der Waals surface area (Å²) < 4.78 is 95.6. The molecule has 4 rings (SSSR count). The molecule has 0 aliphatic heterocycles. The molecule has 4 aromatic rings. The number of hydrogen-bond donors (Lipinski definition) is 2. The molecule has 0 spiro atoms. The Morgan fingerprint density at radius 2 is 1.81 bits per heavy atom. The van der Waals surface area contributed by atoms with Crippen molar-refractivity contribution < 1.29 is 49.5 Å². The van der Waals surface area contributed by atoms with Crippen molar-refractivity contribution in [3.05, 3.63) is 65.1 Å². The Morgan fingerprint density at radius 1 is 1.14 bits per heavy atom. The minimum absolute atomic E-state index is 0.0302. The largest absolute Gasteiger partial charge is 0.534 e. The molecule has 15 heteroatoms. The number of halogens is 4. The van der Waals surface area contributed by atoms with Crippen LogP contribution in [0.5, 0.6) is 11.6 Å². The van der Waals surface area contributed by atoms with Crippen molar-refractivity contribution in [2.45, 2.75) is 50.8 Å². The van der Waals surface area contributed by atoms with E-state index in [0.29, 0.717) is 5.39 Å². The number of carbonyl (C=O) groups is 1. The van der Waals surface area contributed by atoms with E-state index >= 15 is 0 Å². The fraction of sp³-hybridized carbons (Fsp3) is 0.357. The van der Waals surface area contributed by atoms with Gasteiger partial charge in [0.05, 0.1) is 29.9 Å². The molecule has 1 unspecified atom stereocenters. The highest BCUT2D eigenvalue weighted by atomic mass is 32.2. The van der Waals surface area contributed by atoms with Gasteiger partial charge in [-0.2, -0.15) is 21.6 Å². The number of benzene rings is 2. The number of nitrogens with zero attached hydrogens (tertiary/aromatic N) is 2. The van der Waals surface area contributed by atoms with Crippen LogP contribution in [0.2, 0.25) is 0 Å². The fourth-order valence-corrected chi connectivity index (χ4v) is 4.97. The maximum Gasteiger partial charge on any atom is 0.534 e. The maximum atomic E-state index is 14.6. The quantitative estimate of drug-likeness (QED) is 0.160. The summed E-state index contributed by atoms with van der Waals surface area (Å²) in [6.07, 6.45) is -3.00. The molecule has 0 aliphatic carbocycles. The van der Waals surface area contributed by atoms with Crippen molar-refractivity contribution in [3.63, 3.8) is 0 Å². The molecule has 2 aromatic heterocycles. The number of methoxy groups -OCH3 is 1. The number of para-hydroxylation sites is 1. The van der Waals surface area contributed by atoms with Crippen molar-refractivity contribution in [1.82, 2.24) is 9.55 Å². The first kappa shape index (κ1) is 32.0. The lowest BCUT2D eigenvalue weighted by atomic mass is 9.99. The zero-order valence-electron chi connectivity index (χ0n) is 23.5. The number of aliphatic hydroxyl groups is 1. The molecule has 10 nitrogen and oxygen atoms in total. The monoisotopic (exact) mass is 627 g/mol. The smallest absolute Gasteiger partial charge is 0.494 e. The summed E-state index contributed by atoms with van der Waals surface area (Å²) in [5.74, 6) is -1.80. The predicted octanol–water partition coefficient (Wildman–Crippen LogP) is 4.80. The summed E-state index contributed by atoms with van der Waals surface area (Å²) in [6, 6.07) is 10.2. The Bertz CT molecular complexity index is 1800. The van der Waals surface area contributed by atoms with Crippen LogP contribution in [-0.4, -0.2) is 60.0 Å². The third-order valence-corrected chi connectivity index (χ3v) is 7.24. The van der Waals surface area contributed by atoms with Crippen LogP contribution in [0.15, 0.2) is 42.5 Å². The number of nitrogens with two attached hydrogens (primary N) is 1. The summed E-state index contributed by atoms with van der Waals surface area (Å²) in [5, 5.41) is 10.8. The third-order valence-electron chi connectivity index (χ3n) is 6.29. The molecule has 1 atom stereocenters. The minimum atomic E-state index is -6.23. The van der Waals surface area contributed by atoms with E-state index in [2.05, 4.69) is 9.17 Å². The van der Waals surface area contributed by atoms with Crippen LogP contribution in [0.4, 0.5) is 22.4 Å². The van der Waals surface area contributed by atoms with Crippen molar-refractivity contribution >= 4 is 38.0 Å². The number of aromatic nitrogens is 2. The molecular formula is C28H29F4N3O7S. The molecule has 0 radical (unpaired) electrons. The number of aliphatic hydroxyl groups excluding tert-OH is 1. The second kappa shape index (κ2) is 11.6. The lowest BCUT2D eigenvalue weighted by Crippen LogP contribution is -2.30. The normalized spacial score (nSPS) is 13.3. The second-order valence-electron chi connectivity index (χ2n) is 10.6. The van der Waals surface area contributed by atoms with E-state index < -0.39 is 51.5 Å². The zero-order chi connectivity index (χ0) is 31.9. The van der Waals surface area contributed by atoms with Gasteiger partial charge >= 0.3 is 21.7 Å². The molecule has 2 heterocycles. The van der Waals surface area contributed by atoms with E-state index in [1.54, 1.807) is 45.0 Å². The number of pyridine rings is 1. The van der Waals surface area contributed by atoms with Crippen LogP contribution in [0, 0.1) is 5.82 Å². The summed E-state index contributed by atoms with van der Waals surface area (Å²) in [4.78, 5) is 17.8. The highest BCUT2D eigenvalue weighted by Gasteiger charge is 2.49. The topological polar surface area (TPSA) is 143 Å². The number of ether oxygens (including phenoxy) is 2. The van der Waals surface area contributed by atoms with Gasteiger partial charge in [-0.25, -0.2) is 18.7 Å². The Morgan fingerprint density at radius 3 is 2.40 bits per heavy atom. The highest BCUT2D eigenvalue weighted by Crippen LogP contribution is 2.40. The first-order chi connectivity index (χ1) is 20.0. The van der Waals surface area contributed by atoms with Gasteiger partial charge in [-0.3, -0.25) is 0 Å². The van der Waals surface area contributed by atoms with Gasteiger partial charge in [0.15, 0.2) is 11.6 Å². The van der Waals surface area contributed by atoms with Crippen LogP contribution >= 0.6 is 0 Å². The molecule has 0 aliphatic rings. The molecule has 0 fully saturated rings. The summed E-state index contributed by atoms with van der Waals surface area (Å²) in [5.41, 5.74) is -1.05. The molecule has 0 saturated carbocycles. The van der Waals surface area contributed by atoms with E-state index in [1.807, 2.05) is 0 Å². The Balaban J connectivity index is 2.15. The molecule has 43 heavy (non-hydrogen) atoms. The summed E-state index contributed by atoms with van der Waals surface area (Å²) >= 11 is 0. The van der Waals surface area contributed by atoms with Crippen LogP contribution in [0.25, 0.3) is 21.8 Å². The third kappa shape index (κ3) is 6.53. The number of rotatable bonds is 8. The lowest BCUT2D eigenvalue weighted by molar-refractivity contribution is -0.0501. The van der Waals surface area contributed by atoms with Crippen molar-refractivity contribution in [1.29, 1.82) is 0 Å². The number of carbonyl (C=O) groups excluding carboxylic acids is 1. The van der Waals surface area contributed by atoms with E-state index in [9.17, 15) is 35.9 Å². The minimum Gasteiger partial charge on any atom is -0.494 e. The molecule has 232 valence electrons. The number of alkyl halides is 3. The SMILES string of the molecule is COc1ccc(Cc2nc(OS(=O)(=O)C(F)(F)F)c(CC(O)CN)c3c4ccccc4n(C(=O)OC(C)(C)C)c23)cc1F. The Kier molecular flexibility index (Phi) is 8.64. The van der Waals surface area contributed by atoms with Gasteiger partial charge in [0, 0.05) is 35.7 Å². The Hall–Kier alpha value is -3.95. The lowest BCUT2D eigenvalue weighted by Gasteiger charge is -2.21. The second-order valence-corrected chi connectivity index (χ2v) is 12.2. The van der Waals surface area contributed by atoms with Crippen LogP contribution < -0.4 is 14.7 Å². The van der Waals surface area contributed by atoms with E-state index in [4.69, 9.17) is 15.2 Å². The van der Waals surface area contributed by atoms with Crippen LogP contribution in [-0.2, 0) is 27.7 Å². The zero-order valence-corrected chi connectivity index (χ0v) is 24.3. The molecule has 0 saturated heterocycles. The summed E-state index contributed by atoms with van der Waals surface area (Å²) in [6.45, 7) is 4.56. The highest BCUT2D eigenvalue weighted by molar-refractivity contribution is 7.88. The van der Waals surface area contributed by atoms with E-state index in [1.165, 1.54) is 19.2 Å². The van der Waals surface area contributed by atoms with Gasteiger partial charge in [0.2, 0.25) is 5.88 Å². The van der Waals surface area contributed by atoms with Crippen molar-refractivity contribution in [3.8, 4) is 11.6 Å². The molecule has 3 N–H and O–H groups in total. The number of hydrogen-bond acceptors (Lipinski definition) is 9. The van der Waals surface area contributed by atoms with Gasteiger partial charge in [-0.1, -0.05) is 24.3 Å². The average Bonchev–Trinajstić information content (AvgIpc) is 3.24. The van der Waals surface area contributed by atoms with Gasteiger partial charge in [-0.05, 0) is 44.5 Å². The van der Waals surface area contributed by atoms with E-state index in [0.717, 1.165) is 10.6 Å². The van der Waals surface area contributed by atoms with Gasteiger partial charge in [0.1, 0.15) is 5.60 Å². The standard InChI is InChI=1S/C28H29F4N3O7S/c1-27(2,3)41-26(37)35-21-8-6-5-7-17(21)23-18(13-16(36)14-33)25(42-43(38,39)28(30,31)32)34-20(24(23)35)12-15-9-10-22(40-4)19(29)11-15/h5-11,16,36H,12-14,33H2,1-4H3. The van der Waals surface area contributed by atoms with Crippen LogP contribution in [0.1, 0.15) is 37.6 Å². The molecular weight excluding hydrogens is 598 g/mol. The summed E-state index contributed by atoms with van der Waals surface area (Å²) in [7, 11) is -4.96. The van der Waals surface area contributed by atoms with Gasteiger partial charge in [-0.15, -0.1) is 0 Å². The molecule has 0 bridgehead atoms. The van der Waals surface area contributed by atoms with Crippen LogP contribution in [0.3, 0.4) is 0 Å². The van der Waals surface area contributed by atoms with Gasteiger partial charge < -0.3 is 24.5 Å². The van der Waals surface area contributed by atoms with Crippen molar-refractivity contribution in [2.75, 3.05) is 13.7 Å². The number of fused-ring (bicyclic) bond motifs is 3. The molecule has 2 aromatic carbocycles. The average molecular weight is 628 g/mol. The Labute approximate surface area is 244 Å². The first-order valence-corrected chi connectivity index (χ1v) is 14.3. The van der Waals surface area contributed by atoms with E-state index in [-0.39, 0.29) is 52.0 Å². The molecule has 0 amide bonds. The van der Waals surface area contributed by atoms with Gasteiger partial charge in [0.25, 0.3) is 0 Å². The predicted molar refractivity (Wildman–Crippen MR) is 149 cm³/mol. The van der Waals surface area contributed by atoms with Crippen molar-refractivity contribution in [2.24, 2.45) is 5.73 Å². The maximum absolute atomic E-state index is 14.6. The fourth-order valence-electron chi connectivity index (χ4n) is 4.53. The first-order valence-electron chi connectivity index (χ1n) is 12.9.